The first-order valence-electron chi connectivity index (χ1n) is 3.81. The number of hydrogen-bond acceptors (Lipinski definition) is 1. The second-order valence-electron chi connectivity index (χ2n) is 2.76. The van der Waals surface area contributed by atoms with E-state index >= 15 is 0 Å². The van der Waals surface area contributed by atoms with Crippen LogP contribution in [0.15, 0.2) is 23.3 Å². The van der Waals surface area contributed by atoms with Crippen LogP contribution in [0.25, 0.3) is 10.4 Å². The molecule has 62 valence electrons. The van der Waals surface area contributed by atoms with Crippen molar-refractivity contribution >= 4 is 0 Å². The molecule has 0 atom stereocenters. The number of rotatable bonds is 2. The molecule has 0 saturated heterocycles. The standard InChI is InChI=1S/C9H11N3/c1-7-4-3-5-8(2)9(7)6-11-12-10/h3-5H,6H2,1-2H3. The van der Waals surface area contributed by atoms with E-state index in [1.54, 1.807) is 0 Å². The van der Waals surface area contributed by atoms with E-state index in [9.17, 15) is 0 Å². The van der Waals surface area contributed by atoms with Crippen molar-refractivity contribution < 1.29 is 0 Å². The molecule has 1 rings (SSSR count). The van der Waals surface area contributed by atoms with Crippen molar-refractivity contribution in [3.05, 3.63) is 45.3 Å². The summed E-state index contributed by atoms with van der Waals surface area (Å²) in [4.78, 5) is 2.74. The largest absolute Gasteiger partial charge is 0.0893 e. The summed E-state index contributed by atoms with van der Waals surface area (Å²) in [6.45, 7) is 4.50. The van der Waals surface area contributed by atoms with Gasteiger partial charge < -0.3 is 0 Å². The molecule has 0 radical (unpaired) electrons. The maximum atomic E-state index is 8.17. The average molecular weight is 161 g/mol. The van der Waals surface area contributed by atoms with Crippen LogP contribution < -0.4 is 0 Å². The fourth-order valence-electron chi connectivity index (χ4n) is 1.20. The molecule has 0 bridgehead atoms. The molecule has 0 fully saturated rings. The number of nitrogens with zero attached hydrogens (tertiary/aromatic N) is 3. The zero-order valence-corrected chi connectivity index (χ0v) is 7.28. The summed E-state index contributed by atoms with van der Waals surface area (Å²) in [5.41, 5.74) is 11.7. The number of hydrogen-bond donors (Lipinski definition) is 0. The Hall–Kier alpha value is -1.47. The molecule has 1 aromatic carbocycles. The monoisotopic (exact) mass is 161 g/mol. The summed E-state index contributed by atoms with van der Waals surface area (Å²) < 4.78 is 0. The molecule has 0 spiro atoms. The predicted molar refractivity (Wildman–Crippen MR) is 48.8 cm³/mol. The summed E-state index contributed by atoms with van der Waals surface area (Å²) >= 11 is 0. The molecule has 12 heavy (non-hydrogen) atoms. The third-order valence-electron chi connectivity index (χ3n) is 1.94. The highest BCUT2D eigenvalue weighted by atomic mass is 15.1. The number of aryl methyl sites for hydroxylation is 2. The maximum absolute atomic E-state index is 8.17. The highest BCUT2D eigenvalue weighted by Gasteiger charge is 1.98. The Labute approximate surface area is 71.7 Å². The lowest BCUT2D eigenvalue weighted by atomic mass is 10.0. The lowest BCUT2D eigenvalue weighted by Crippen LogP contribution is -1.90. The van der Waals surface area contributed by atoms with E-state index in [4.69, 9.17) is 5.53 Å². The van der Waals surface area contributed by atoms with Gasteiger partial charge in [-0.3, -0.25) is 0 Å². The molecule has 3 heteroatoms. The SMILES string of the molecule is Cc1cccc(C)c1CN=[N+]=[N-]. The quantitative estimate of drug-likeness (QED) is 0.363. The summed E-state index contributed by atoms with van der Waals surface area (Å²) in [7, 11) is 0. The number of azide groups is 1. The summed E-state index contributed by atoms with van der Waals surface area (Å²) in [6, 6.07) is 6.05. The summed E-state index contributed by atoms with van der Waals surface area (Å²) in [5.74, 6) is 0. The van der Waals surface area contributed by atoms with Gasteiger partial charge in [0.1, 0.15) is 0 Å². The fourth-order valence-corrected chi connectivity index (χ4v) is 1.20. The van der Waals surface area contributed by atoms with Crippen molar-refractivity contribution in [2.24, 2.45) is 5.11 Å². The van der Waals surface area contributed by atoms with Crippen molar-refractivity contribution in [3.8, 4) is 0 Å². The van der Waals surface area contributed by atoms with Gasteiger partial charge in [0.2, 0.25) is 0 Å². The van der Waals surface area contributed by atoms with Crippen molar-refractivity contribution in [2.45, 2.75) is 20.4 Å². The van der Waals surface area contributed by atoms with E-state index in [1.807, 2.05) is 32.0 Å². The van der Waals surface area contributed by atoms with E-state index in [1.165, 1.54) is 11.1 Å². The smallest absolute Gasteiger partial charge is 0.0516 e. The van der Waals surface area contributed by atoms with Gasteiger partial charge in [-0.15, -0.1) is 0 Å². The van der Waals surface area contributed by atoms with Gasteiger partial charge in [0, 0.05) is 4.91 Å². The maximum Gasteiger partial charge on any atom is 0.0516 e. The molecule has 0 saturated carbocycles. The molecule has 3 nitrogen and oxygen atoms in total. The van der Waals surface area contributed by atoms with Gasteiger partial charge in [-0.1, -0.05) is 23.3 Å². The zero-order valence-electron chi connectivity index (χ0n) is 7.28. The number of benzene rings is 1. The van der Waals surface area contributed by atoms with Gasteiger partial charge in [-0.05, 0) is 36.1 Å². The van der Waals surface area contributed by atoms with Crippen molar-refractivity contribution in [1.82, 2.24) is 0 Å². The molecule has 0 N–H and O–H groups in total. The van der Waals surface area contributed by atoms with Gasteiger partial charge in [0.05, 0.1) is 6.54 Å². The molecule has 0 aliphatic heterocycles. The Morgan fingerprint density at radius 3 is 2.42 bits per heavy atom. The van der Waals surface area contributed by atoms with Crippen LogP contribution in [0, 0.1) is 13.8 Å². The molecule has 0 aliphatic rings. The van der Waals surface area contributed by atoms with Crippen molar-refractivity contribution in [3.63, 3.8) is 0 Å². The average Bonchev–Trinajstić information content (AvgIpc) is 2.04. The van der Waals surface area contributed by atoms with E-state index in [-0.39, 0.29) is 0 Å². The lowest BCUT2D eigenvalue weighted by molar-refractivity contribution is 1.01. The molecule has 0 unspecified atom stereocenters. The third kappa shape index (κ3) is 1.77. The van der Waals surface area contributed by atoms with E-state index < -0.39 is 0 Å². The molecule has 0 heterocycles. The van der Waals surface area contributed by atoms with Gasteiger partial charge in [0.25, 0.3) is 0 Å². The Kier molecular flexibility index (Phi) is 2.72. The van der Waals surface area contributed by atoms with Crippen LogP contribution in [0.2, 0.25) is 0 Å². The third-order valence-corrected chi connectivity index (χ3v) is 1.94. The van der Waals surface area contributed by atoms with Crippen LogP contribution >= 0.6 is 0 Å². The van der Waals surface area contributed by atoms with Crippen molar-refractivity contribution in [2.75, 3.05) is 0 Å². The lowest BCUT2D eigenvalue weighted by Gasteiger charge is -2.04. The Morgan fingerprint density at radius 1 is 1.33 bits per heavy atom. The topological polar surface area (TPSA) is 48.8 Å². The first kappa shape index (κ1) is 8.62. The summed E-state index contributed by atoms with van der Waals surface area (Å²) in [5, 5.41) is 3.54. The summed E-state index contributed by atoms with van der Waals surface area (Å²) in [6.07, 6.45) is 0. The van der Waals surface area contributed by atoms with E-state index in [2.05, 4.69) is 10.0 Å². The molecule has 0 aliphatic carbocycles. The second-order valence-corrected chi connectivity index (χ2v) is 2.76. The Balaban J connectivity index is 3.03. The minimum Gasteiger partial charge on any atom is -0.0893 e. The second kappa shape index (κ2) is 3.79. The first-order chi connectivity index (χ1) is 5.75. The Bertz CT molecular complexity index is 304. The van der Waals surface area contributed by atoms with Crippen LogP contribution in [0.3, 0.4) is 0 Å². The van der Waals surface area contributed by atoms with Gasteiger partial charge >= 0.3 is 0 Å². The van der Waals surface area contributed by atoms with Crippen LogP contribution in [-0.2, 0) is 6.54 Å². The molecule has 1 aromatic rings. The molecule has 0 amide bonds. The van der Waals surface area contributed by atoms with Gasteiger partial charge in [-0.2, -0.15) is 0 Å². The van der Waals surface area contributed by atoms with Crippen LogP contribution in [0.5, 0.6) is 0 Å². The van der Waals surface area contributed by atoms with Gasteiger partial charge in [-0.25, -0.2) is 0 Å². The fraction of sp³-hybridized carbons (Fsp3) is 0.333. The minimum absolute atomic E-state index is 0.453. The molecular formula is C9H11N3. The first-order valence-corrected chi connectivity index (χ1v) is 3.81. The van der Waals surface area contributed by atoms with Gasteiger partial charge in [0.15, 0.2) is 0 Å². The zero-order chi connectivity index (χ0) is 8.97. The molecule has 0 aromatic heterocycles. The van der Waals surface area contributed by atoms with Crippen LogP contribution in [-0.4, -0.2) is 0 Å². The van der Waals surface area contributed by atoms with Crippen LogP contribution in [0.1, 0.15) is 16.7 Å². The molecular weight excluding hydrogens is 150 g/mol. The highest BCUT2D eigenvalue weighted by molar-refractivity contribution is 5.33. The normalized spacial score (nSPS) is 9.17. The Morgan fingerprint density at radius 2 is 1.92 bits per heavy atom. The van der Waals surface area contributed by atoms with E-state index in [0.717, 1.165) is 5.56 Å². The predicted octanol–water partition coefficient (Wildman–Crippen LogP) is 3.11. The minimum atomic E-state index is 0.453. The highest BCUT2D eigenvalue weighted by Crippen LogP contribution is 2.13. The van der Waals surface area contributed by atoms with Crippen molar-refractivity contribution in [1.29, 1.82) is 0 Å². The van der Waals surface area contributed by atoms with Crippen LogP contribution in [0.4, 0.5) is 0 Å². The van der Waals surface area contributed by atoms with E-state index in [0.29, 0.717) is 6.54 Å².